The number of rotatable bonds is 4. The molecule has 2 amide bonds. The van der Waals surface area contributed by atoms with E-state index in [1.807, 2.05) is 12.3 Å². The maximum atomic E-state index is 12.4. The number of carboxylic acid groups (broad SMARTS) is 1. The van der Waals surface area contributed by atoms with Gasteiger partial charge in [0.05, 0.1) is 6.04 Å². The molecule has 1 aromatic heterocycles. The standard InChI is InChI=1S/C13H19N3O3S/c1-3-9(10-14-6-8-20-10)15-12(19)16-7-4-5-13(16,2)11(17)18/h6,8-9H,3-5,7H2,1-2H3,(H,15,19)(H,17,18). The highest BCUT2D eigenvalue weighted by molar-refractivity contribution is 7.09. The zero-order valence-corrected chi connectivity index (χ0v) is 12.4. The number of aliphatic carboxylic acids is 1. The van der Waals surface area contributed by atoms with Crippen molar-refractivity contribution in [2.75, 3.05) is 6.54 Å². The summed E-state index contributed by atoms with van der Waals surface area (Å²) in [6.45, 7) is 4.04. The Labute approximate surface area is 121 Å². The molecule has 0 aliphatic carbocycles. The number of nitrogens with one attached hydrogen (secondary N) is 1. The molecule has 1 aliphatic rings. The number of carbonyl (C=O) groups is 2. The summed E-state index contributed by atoms with van der Waals surface area (Å²) in [6, 6.07) is -0.490. The van der Waals surface area contributed by atoms with E-state index in [2.05, 4.69) is 10.3 Å². The summed E-state index contributed by atoms with van der Waals surface area (Å²) in [5, 5.41) is 14.9. The molecule has 2 heterocycles. The molecule has 110 valence electrons. The van der Waals surface area contributed by atoms with Crippen molar-refractivity contribution in [3.63, 3.8) is 0 Å². The van der Waals surface area contributed by atoms with Crippen molar-refractivity contribution in [3.8, 4) is 0 Å². The maximum absolute atomic E-state index is 12.4. The highest BCUT2D eigenvalue weighted by Crippen LogP contribution is 2.30. The van der Waals surface area contributed by atoms with Crippen molar-refractivity contribution in [2.45, 2.75) is 44.7 Å². The van der Waals surface area contributed by atoms with Gasteiger partial charge in [-0.1, -0.05) is 6.92 Å². The molecule has 1 fully saturated rings. The summed E-state index contributed by atoms with van der Waals surface area (Å²) in [5.41, 5.74) is -1.11. The Morgan fingerprint density at radius 3 is 2.95 bits per heavy atom. The van der Waals surface area contributed by atoms with Crippen LogP contribution in [0.5, 0.6) is 0 Å². The van der Waals surface area contributed by atoms with Crippen LogP contribution in [0.4, 0.5) is 4.79 Å². The van der Waals surface area contributed by atoms with E-state index in [4.69, 9.17) is 0 Å². The van der Waals surface area contributed by atoms with Crippen LogP contribution in [0.2, 0.25) is 0 Å². The molecule has 2 N–H and O–H groups in total. The lowest BCUT2D eigenvalue weighted by Gasteiger charge is -2.32. The topological polar surface area (TPSA) is 82.5 Å². The first-order chi connectivity index (χ1) is 9.49. The van der Waals surface area contributed by atoms with Crippen LogP contribution in [0.15, 0.2) is 11.6 Å². The molecule has 20 heavy (non-hydrogen) atoms. The lowest BCUT2D eigenvalue weighted by Crippen LogP contribution is -2.54. The molecule has 6 nitrogen and oxygen atoms in total. The van der Waals surface area contributed by atoms with E-state index in [0.717, 1.165) is 11.4 Å². The van der Waals surface area contributed by atoms with Crippen molar-refractivity contribution in [3.05, 3.63) is 16.6 Å². The molecule has 1 aliphatic heterocycles. The van der Waals surface area contributed by atoms with Gasteiger partial charge < -0.3 is 15.3 Å². The minimum atomic E-state index is -1.11. The Balaban J connectivity index is 2.09. The molecule has 0 spiro atoms. The van der Waals surface area contributed by atoms with Crippen LogP contribution >= 0.6 is 11.3 Å². The van der Waals surface area contributed by atoms with Crippen LogP contribution in [0.1, 0.15) is 44.2 Å². The first-order valence-corrected chi connectivity index (χ1v) is 7.58. The van der Waals surface area contributed by atoms with E-state index >= 15 is 0 Å². The Morgan fingerprint density at radius 1 is 1.65 bits per heavy atom. The Hall–Kier alpha value is -1.63. The number of hydrogen-bond acceptors (Lipinski definition) is 4. The molecule has 2 unspecified atom stereocenters. The second-order valence-corrected chi connectivity index (χ2v) is 6.04. The van der Waals surface area contributed by atoms with Crippen molar-refractivity contribution < 1.29 is 14.7 Å². The third kappa shape index (κ3) is 2.63. The molecule has 1 aromatic rings. The number of nitrogens with zero attached hydrogens (tertiary/aromatic N) is 2. The smallest absolute Gasteiger partial charge is 0.329 e. The first-order valence-electron chi connectivity index (χ1n) is 6.70. The number of thiazole rings is 1. The van der Waals surface area contributed by atoms with Gasteiger partial charge in [0.25, 0.3) is 0 Å². The monoisotopic (exact) mass is 297 g/mol. The number of aromatic nitrogens is 1. The van der Waals surface area contributed by atoms with Gasteiger partial charge in [0.1, 0.15) is 10.5 Å². The predicted molar refractivity (Wildman–Crippen MR) is 75.7 cm³/mol. The van der Waals surface area contributed by atoms with E-state index in [1.54, 1.807) is 13.1 Å². The summed E-state index contributed by atoms with van der Waals surface area (Å²) in [7, 11) is 0. The predicted octanol–water partition coefficient (Wildman–Crippen LogP) is 2.24. The van der Waals surface area contributed by atoms with E-state index in [9.17, 15) is 14.7 Å². The van der Waals surface area contributed by atoms with Crippen LogP contribution in [0.3, 0.4) is 0 Å². The largest absolute Gasteiger partial charge is 0.480 e. The normalized spacial score (nSPS) is 23.6. The van der Waals surface area contributed by atoms with Gasteiger partial charge in [0, 0.05) is 18.1 Å². The Kier molecular flexibility index (Phi) is 4.27. The maximum Gasteiger partial charge on any atom is 0.329 e. The summed E-state index contributed by atoms with van der Waals surface area (Å²) in [6.07, 6.45) is 3.62. The summed E-state index contributed by atoms with van der Waals surface area (Å²) in [4.78, 5) is 29.4. The zero-order chi connectivity index (χ0) is 14.8. The highest BCUT2D eigenvalue weighted by atomic mass is 32.1. The summed E-state index contributed by atoms with van der Waals surface area (Å²) in [5.74, 6) is -0.951. The van der Waals surface area contributed by atoms with Crippen LogP contribution in [-0.4, -0.2) is 39.1 Å². The lowest BCUT2D eigenvalue weighted by molar-refractivity contribution is -0.147. The summed E-state index contributed by atoms with van der Waals surface area (Å²) < 4.78 is 0. The number of likely N-dealkylation sites (tertiary alicyclic amines) is 1. The van der Waals surface area contributed by atoms with E-state index in [-0.39, 0.29) is 12.1 Å². The van der Waals surface area contributed by atoms with Crippen LogP contribution in [0, 0.1) is 0 Å². The fraction of sp³-hybridized carbons (Fsp3) is 0.615. The van der Waals surface area contributed by atoms with Gasteiger partial charge in [-0.15, -0.1) is 11.3 Å². The molecule has 2 atom stereocenters. The lowest BCUT2D eigenvalue weighted by atomic mass is 10.00. The van der Waals surface area contributed by atoms with Gasteiger partial charge in [-0.05, 0) is 26.2 Å². The molecular formula is C13H19N3O3S. The third-order valence-corrected chi connectivity index (χ3v) is 4.69. The van der Waals surface area contributed by atoms with Crippen molar-refractivity contribution >= 4 is 23.3 Å². The average molecular weight is 297 g/mol. The van der Waals surface area contributed by atoms with Crippen molar-refractivity contribution in [1.82, 2.24) is 15.2 Å². The number of hydrogen-bond donors (Lipinski definition) is 2. The van der Waals surface area contributed by atoms with Crippen LogP contribution in [0.25, 0.3) is 0 Å². The second-order valence-electron chi connectivity index (χ2n) is 5.11. The molecule has 0 aromatic carbocycles. The van der Waals surface area contributed by atoms with Crippen LogP contribution in [-0.2, 0) is 4.79 Å². The number of amides is 2. The second kappa shape index (κ2) is 5.78. The molecule has 7 heteroatoms. The molecule has 0 saturated carbocycles. The number of carboxylic acids is 1. The van der Waals surface area contributed by atoms with Crippen LogP contribution < -0.4 is 5.32 Å². The van der Waals surface area contributed by atoms with Crippen molar-refractivity contribution in [1.29, 1.82) is 0 Å². The third-order valence-electron chi connectivity index (χ3n) is 3.80. The van der Waals surface area contributed by atoms with E-state index < -0.39 is 11.5 Å². The molecule has 0 radical (unpaired) electrons. The molecule has 2 rings (SSSR count). The first kappa shape index (κ1) is 14.8. The number of carbonyl (C=O) groups excluding carboxylic acids is 1. The van der Waals surface area contributed by atoms with E-state index in [0.29, 0.717) is 19.4 Å². The van der Waals surface area contributed by atoms with Gasteiger partial charge in [-0.2, -0.15) is 0 Å². The minimum Gasteiger partial charge on any atom is -0.480 e. The average Bonchev–Trinajstić information content (AvgIpc) is 3.05. The Bertz CT molecular complexity index is 491. The number of urea groups is 1. The van der Waals surface area contributed by atoms with Crippen molar-refractivity contribution in [2.24, 2.45) is 0 Å². The van der Waals surface area contributed by atoms with Gasteiger partial charge in [0.15, 0.2) is 0 Å². The van der Waals surface area contributed by atoms with Gasteiger partial charge in [-0.25, -0.2) is 14.6 Å². The molecule has 1 saturated heterocycles. The highest BCUT2D eigenvalue weighted by Gasteiger charge is 2.46. The minimum absolute atomic E-state index is 0.166. The fourth-order valence-electron chi connectivity index (χ4n) is 2.48. The molecular weight excluding hydrogens is 278 g/mol. The summed E-state index contributed by atoms with van der Waals surface area (Å²) >= 11 is 1.49. The van der Waals surface area contributed by atoms with Gasteiger partial charge >= 0.3 is 12.0 Å². The van der Waals surface area contributed by atoms with Gasteiger partial charge in [0.2, 0.25) is 0 Å². The quantitative estimate of drug-likeness (QED) is 0.893. The zero-order valence-electron chi connectivity index (χ0n) is 11.6. The van der Waals surface area contributed by atoms with Gasteiger partial charge in [-0.3, -0.25) is 0 Å². The fourth-order valence-corrected chi connectivity index (χ4v) is 3.26. The van der Waals surface area contributed by atoms with E-state index in [1.165, 1.54) is 16.2 Å². The molecule has 0 bridgehead atoms. The Morgan fingerprint density at radius 2 is 2.40 bits per heavy atom. The SMILES string of the molecule is CCC(NC(=O)N1CCCC1(C)C(=O)O)c1nccs1.